The molecule has 5 nitrogen and oxygen atoms in total. The van der Waals surface area contributed by atoms with Crippen molar-refractivity contribution in [2.75, 3.05) is 13.2 Å². The first-order valence-electron chi connectivity index (χ1n) is 10.8. The van der Waals surface area contributed by atoms with Crippen LogP contribution < -0.4 is 10.1 Å². The van der Waals surface area contributed by atoms with Gasteiger partial charge in [-0.25, -0.2) is 0 Å². The third-order valence-electron chi connectivity index (χ3n) is 5.07. The van der Waals surface area contributed by atoms with Crippen LogP contribution in [0.5, 0.6) is 5.75 Å². The Morgan fingerprint density at radius 2 is 1.74 bits per heavy atom. The number of ether oxygens (including phenoxy) is 1. The molecule has 1 N–H and O–H groups in total. The van der Waals surface area contributed by atoms with Gasteiger partial charge >= 0.3 is 0 Å². The Labute approximate surface area is 190 Å². The van der Waals surface area contributed by atoms with Crippen LogP contribution in [-0.4, -0.2) is 35.9 Å². The summed E-state index contributed by atoms with van der Waals surface area (Å²) in [6.07, 6.45) is 0.868. The molecule has 2 rings (SSSR count). The zero-order valence-corrected chi connectivity index (χ0v) is 19.6. The smallest absolute Gasteiger partial charge is 0.242 e. The van der Waals surface area contributed by atoms with Gasteiger partial charge in [-0.3, -0.25) is 9.59 Å². The van der Waals surface area contributed by atoms with Crippen molar-refractivity contribution in [3.8, 4) is 5.75 Å². The summed E-state index contributed by atoms with van der Waals surface area (Å²) in [5.74, 6) is 0.875. The van der Waals surface area contributed by atoms with Crippen LogP contribution in [-0.2, 0) is 16.1 Å². The topological polar surface area (TPSA) is 58.6 Å². The molecule has 168 valence electrons. The molecule has 1 atom stereocenters. The lowest BCUT2D eigenvalue weighted by Crippen LogP contribution is -2.48. The van der Waals surface area contributed by atoms with Gasteiger partial charge in [0.05, 0.1) is 6.61 Å². The molecule has 0 bridgehead atoms. The maximum absolute atomic E-state index is 13.1. The Balaban J connectivity index is 2.00. The summed E-state index contributed by atoms with van der Waals surface area (Å²) in [5, 5.41) is 3.59. The predicted molar refractivity (Wildman–Crippen MR) is 125 cm³/mol. The fraction of sp³-hybridized carbons (Fsp3) is 0.440. The Hall–Kier alpha value is -2.53. The standard InChI is InChI=1S/C25H33ClN2O3/c1-18(2)16-27-25(30)20(4)28(17-21-9-6-5-8-19(21)3)24(29)10-7-15-31-23-13-11-22(26)12-14-23/h5-6,8-9,11-14,18,20H,7,10,15-17H2,1-4H3,(H,27,30)/t20-/m1/s1. The molecule has 0 aliphatic carbocycles. The number of hydrogen-bond acceptors (Lipinski definition) is 3. The molecule has 0 heterocycles. The van der Waals surface area contributed by atoms with Crippen molar-refractivity contribution in [1.29, 1.82) is 0 Å². The molecule has 2 aromatic carbocycles. The van der Waals surface area contributed by atoms with E-state index in [2.05, 4.69) is 5.32 Å². The molecular weight excluding hydrogens is 412 g/mol. The second kappa shape index (κ2) is 12.4. The second-order valence-electron chi connectivity index (χ2n) is 8.17. The summed E-state index contributed by atoms with van der Waals surface area (Å²) in [6.45, 7) is 9.30. The van der Waals surface area contributed by atoms with Gasteiger partial charge in [0.1, 0.15) is 11.8 Å². The SMILES string of the molecule is Cc1ccccc1CN(C(=O)CCCOc1ccc(Cl)cc1)[C@H](C)C(=O)NCC(C)C. The van der Waals surface area contributed by atoms with E-state index in [4.69, 9.17) is 16.3 Å². The van der Waals surface area contributed by atoms with Crippen LogP contribution in [0.15, 0.2) is 48.5 Å². The van der Waals surface area contributed by atoms with Gasteiger partial charge in [0.15, 0.2) is 0 Å². The minimum absolute atomic E-state index is 0.0600. The lowest BCUT2D eigenvalue weighted by atomic mass is 10.1. The van der Waals surface area contributed by atoms with E-state index in [9.17, 15) is 9.59 Å². The van der Waals surface area contributed by atoms with E-state index in [1.807, 2.05) is 45.0 Å². The lowest BCUT2D eigenvalue weighted by Gasteiger charge is -2.29. The Bertz CT molecular complexity index is 852. The first-order chi connectivity index (χ1) is 14.8. The van der Waals surface area contributed by atoms with Gasteiger partial charge in [-0.2, -0.15) is 0 Å². The zero-order valence-electron chi connectivity index (χ0n) is 18.9. The van der Waals surface area contributed by atoms with E-state index < -0.39 is 6.04 Å². The fourth-order valence-electron chi connectivity index (χ4n) is 3.09. The summed E-state index contributed by atoms with van der Waals surface area (Å²) in [6, 6.07) is 14.5. The van der Waals surface area contributed by atoms with Gasteiger partial charge < -0.3 is 15.0 Å². The second-order valence-corrected chi connectivity index (χ2v) is 8.61. The molecule has 0 fully saturated rings. The molecule has 0 aliphatic rings. The van der Waals surface area contributed by atoms with Crippen molar-refractivity contribution in [1.82, 2.24) is 10.2 Å². The average Bonchev–Trinajstić information content (AvgIpc) is 2.75. The van der Waals surface area contributed by atoms with Crippen molar-refractivity contribution in [2.24, 2.45) is 5.92 Å². The normalized spacial score (nSPS) is 11.8. The Kier molecular flexibility index (Phi) is 9.86. The number of rotatable bonds is 11. The third kappa shape index (κ3) is 8.25. The van der Waals surface area contributed by atoms with Crippen LogP contribution in [0.2, 0.25) is 5.02 Å². The molecule has 2 amide bonds. The Morgan fingerprint density at radius 3 is 2.39 bits per heavy atom. The largest absolute Gasteiger partial charge is 0.494 e. The van der Waals surface area contributed by atoms with Gasteiger partial charge in [-0.05, 0) is 61.6 Å². The highest BCUT2D eigenvalue weighted by atomic mass is 35.5. The minimum Gasteiger partial charge on any atom is -0.494 e. The molecule has 0 saturated carbocycles. The van der Waals surface area contributed by atoms with Gasteiger partial charge in [-0.1, -0.05) is 49.7 Å². The summed E-state index contributed by atoms with van der Waals surface area (Å²) in [7, 11) is 0. The highest BCUT2D eigenvalue weighted by Crippen LogP contribution is 2.17. The molecular formula is C25H33ClN2O3. The lowest BCUT2D eigenvalue weighted by molar-refractivity contribution is -0.140. The van der Waals surface area contributed by atoms with Crippen LogP contribution >= 0.6 is 11.6 Å². The highest BCUT2D eigenvalue weighted by Gasteiger charge is 2.26. The van der Waals surface area contributed by atoms with Crippen LogP contribution in [0.4, 0.5) is 0 Å². The fourth-order valence-corrected chi connectivity index (χ4v) is 3.22. The molecule has 31 heavy (non-hydrogen) atoms. The maximum Gasteiger partial charge on any atom is 0.242 e. The van der Waals surface area contributed by atoms with E-state index in [1.54, 1.807) is 36.1 Å². The van der Waals surface area contributed by atoms with Crippen molar-refractivity contribution in [3.05, 3.63) is 64.7 Å². The molecule has 6 heteroatoms. The number of aryl methyl sites for hydroxylation is 1. The van der Waals surface area contributed by atoms with E-state index in [1.165, 1.54) is 0 Å². The summed E-state index contributed by atoms with van der Waals surface area (Å²) < 4.78 is 5.69. The molecule has 2 aromatic rings. The number of carbonyl (C=O) groups is 2. The Morgan fingerprint density at radius 1 is 1.06 bits per heavy atom. The average molecular weight is 445 g/mol. The number of carbonyl (C=O) groups excluding carboxylic acids is 2. The summed E-state index contributed by atoms with van der Waals surface area (Å²) >= 11 is 5.88. The van der Waals surface area contributed by atoms with Crippen LogP contribution in [0.1, 0.15) is 44.7 Å². The number of halogens is 1. The highest BCUT2D eigenvalue weighted by molar-refractivity contribution is 6.30. The number of nitrogens with zero attached hydrogens (tertiary/aromatic N) is 1. The summed E-state index contributed by atoms with van der Waals surface area (Å²) in [4.78, 5) is 27.4. The van der Waals surface area contributed by atoms with Crippen LogP contribution in [0.3, 0.4) is 0 Å². The monoisotopic (exact) mass is 444 g/mol. The molecule has 0 saturated heterocycles. The maximum atomic E-state index is 13.1. The molecule has 0 spiro atoms. The van der Waals surface area contributed by atoms with Crippen molar-refractivity contribution in [3.63, 3.8) is 0 Å². The zero-order chi connectivity index (χ0) is 22.8. The molecule has 0 aliphatic heterocycles. The minimum atomic E-state index is -0.553. The van der Waals surface area contributed by atoms with Gasteiger partial charge in [0, 0.05) is 24.5 Å². The van der Waals surface area contributed by atoms with Crippen molar-refractivity contribution < 1.29 is 14.3 Å². The first kappa shape index (κ1) is 24.7. The predicted octanol–water partition coefficient (Wildman–Crippen LogP) is 5.00. The van der Waals surface area contributed by atoms with Crippen LogP contribution in [0, 0.1) is 12.8 Å². The molecule has 0 unspecified atom stereocenters. The van der Waals surface area contributed by atoms with Gasteiger partial charge in [0.25, 0.3) is 0 Å². The van der Waals surface area contributed by atoms with Crippen molar-refractivity contribution in [2.45, 2.75) is 53.1 Å². The number of nitrogens with one attached hydrogen (secondary N) is 1. The van der Waals surface area contributed by atoms with E-state index in [0.717, 1.165) is 16.9 Å². The number of hydrogen-bond donors (Lipinski definition) is 1. The van der Waals surface area contributed by atoms with Gasteiger partial charge in [0.2, 0.25) is 11.8 Å². The number of amides is 2. The molecule has 0 aromatic heterocycles. The van der Waals surface area contributed by atoms with E-state index in [0.29, 0.717) is 43.5 Å². The van der Waals surface area contributed by atoms with Gasteiger partial charge in [-0.15, -0.1) is 0 Å². The third-order valence-corrected chi connectivity index (χ3v) is 5.32. The van der Waals surface area contributed by atoms with E-state index in [-0.39, 0.29) is 11.8 Å². The van der Waals surface area contributed by atoms with E-state index >= 15 is 0 Å². The quantitative estimate of drug-likeness (QED) is 0.496. The number of benzene rings is 2. The summed E-state index contributed by atoms with van der Waals surface area (Å²) in [5.41, 5.74) is 2.14. The van der Waals surface area contributed by atoms with Crippen LogP contribution in [0.25, 0.3) is 0 Å². The first-order valence-corrected chi connectivity index (χ1v) is 11.2. The van der Waals surface area contributed by atoms with Crippen molar-refractivity contribution >= 4 is 23.4 Å². The molecule has 0 radical (unpaired) electrons.